The minimum Gasteiger partial charge on any atom is -0.0984 e. The molecule has 0 fully saturated rings. The summed E-state index contributed by atoms with van der Waals surface area (Å²) >= 11 is 0. The third-order valence-electron chi connectivity index (χ3n) is 5.29. The maximum Gasteiger partial charge on any atom is -0.00139 e. The number of hydrogen-bond acceptors (Lipinski definition) is 0. The summed E-state index contributed by atoms with van der Waals surface area (Å²) in [5.74, 6) is 0. The van der Waals surface area contributed by atoms with E-state index in [9.17, 15) is 0 Å². The van der Waals surface area contributed by atoms with Crippen LogP contribution in [0.1, 0.15) is 29.2 Å². The van der Waals surface area contributed by atoms with Crippen molar-refractivity contribution in [1.82, 2.24) is 0 Å². The summed E-state index contributed by atoms with van der Waals surface area (Å²) in [7, 11) is 0. The van der Waals surface area contributed by atoms with E-state index in [0.29, 0.717) is 0 Å². The van der Waals surface area contributed by atoms with Crippen LogP contribution in [-0.4, -0.2) is 0 Å². The first kappa shape index (κ1) is 17.1. The van der Waals surface area contributed by atoms with Gasteiger partial charge in [0.2, 0.25) is 0 Å². The van der Waals surface area contributed by atoms with Crippen molar-refractivity contribution >= 4 is 56.6 Å². The largest absolute Gasteiger partial charge is 0.0984 e. The Bertz CT molecular complexity index is 1270. The van der Waals surface area contributed by atoms with Gasteiger partial charge in [0.15, 0.2) is 0 Å². The Morgan fingerprint density at radius 3 is 1.48 bits per heavy atom. The lowest BCUT2D eigenvalue weighted by Crippen LogP contribution is -1.95. The van der Waals surface area contributed by atoms with Crippen LogP contribution in [0.15, 0.2) is 74.3 Å². The third-order valence-corrected chi connectivity index (χ3v) is 5.29. The van der Waals surface area contributed by atoms with E-state index < -0.39 is 0 Å². The van der Waals surface area contributed by atoms with E-state index in [4.69, 9.17) is 0 Å². The number of fused-ring (bicyclic) bond motifs is 5. The highest BCUT2D eigenvalue weighted by molar-refractivity contribution is 6.27. The zero-order valence-electron chi connectivity index (χ0n) is 15.6. The van der Waals surface area contributed by atoms with Gasteiger partial charge in [0.25, 0.3) is 0 Å². The molecule has 0 aliphatic carbocycles. The van der Waals surface area contributed by atoms with E-state index in [0.717, 1.165) is 16.7 Å². The summed E-state index contributed by atoms with van der Waals surface area (Å²) < 4.78 is 0. The van der Waals surface area contributed by atoms with Crippen LogP contribution in [0, 0.1) is 0 Å². The van der Waals surface area contributed by atoms with Crippen LogP contribution in [0.3, 0.4) is 0 Å². The van der Waals surface area contributed by atoms with E-state index >= 15 is 0 Å². The molecular weight excluding hydrogens is 324 g/mol. The minimum absolute atomic E-state index is 1.12. The van der Waals surface area contributed by atoms with Gasteiger partial charge in [0.1, 0.15) is 0 Å². The normalized spacial score (nSPS) is 11.4. The Morgan fingerprint density at radius 2 is 1.00 bits per heavy atom. The highest BCUT2D eigenvalue weighted by atomic mass is 14.2. The van der Waals surface area contributed by atoms with Crippen LogP contribution in [0.5, 0.6) is 0 Å². The zero-order chi connectivity index (χ0) is 19.0. The first-order valence-electron chi connectivity index (χ1n) is 9.19. The first-order chi connectivity index (χ1) is 13.3. The predicted octanol–water partition coefficient (Wildman–Crippen LogP) is 8.11. The quantitative estimate of drug-likeness (QED) is 0.327. The molecule has 0 saturated heterocycles. The average Bonchev–Trinajstić information content (AvgIpc) is 2.72. The standard InChI is InChI=1S/C27H22/c1-5-13-21-20(8-4)26-19(7-3)18(6-2)22-14-9-11-16-24(22)27(26)25-17-12-10-15-23(21)25/h5-17H,2-4H2,1H3/b13-5-. The molecule has 0 heterocycles. The fourth-order valence-electron chi connectivity index (χ4n) is 4.25. The van der Waals surface area contributed by atoms with E-state index in [1.807, 2.05) is 18.2 Å². The molecule has 27 heavy (non-hydrogen) atoms. The van der Waals surface area contributed by atoms with E-state index in [-0.39, 0.29) is 0 Å². The van der Waals surface area contributed by atoms with Crippen molar-refractivity contribution < 1.29 is 0 Å². The van der Waals surface area contributed by atoms with Gasteiger partial charge in [-0.25, -0.2) is 0 Å². The molecular formula is C27H22. The van der Waals surface area contributed by atoms with Crippen molar-refractivity contribution in [2.45, 2.75) is 6.92 Å². The van der Waals surface area contributed by atoms with E-state index in [2.05, 4.69) is 87.3 Å². The lowest BCUT2D eigenvalue weighted by Gasteiger charge is -2.19. The predicted molar refractivity (Wildman–Crippen MR) is 124 cm³/mol. The molecule has 0 unspecified atom stereocenters. The summed E-state index contributed by atoms with van der Waals surface area (Å²) in [4.78, 5) is 0. The van der Waals surface area contributed by atoms with Crippen molar-refractivity contribution in [2.24, 2.45) is 0 Å². The number of benzene rings is 4. The lowest BCUT2D eigenvalue weighted by atomic mass is 9.83. The van der Waals surface area contributed by atoms with Gasteiger partial charge in [-0.3, -0.25) is 0 Å². The summed E-state index contributed by atoms with van der Waals surface area (Å²) in [5.41, 5.74) is 4.58. The molecule has 4 aromatic carbocycles. The van der Waals surface area contributed by atoms with Crippen molar-refractivity contribution in [2.75, 3.05) is 0 Å². The Balaban J connectivity index is 2.51. The molecule has 130 valence electrons. The molecule has 4 aromatic rings. The second-order valence-corrected chi connectivity index (χ2v) is 6.61. The molecule has 0 saturated carbocycles. The smallest absolute Gasteiger partial charge is 0.00139 e. The van der Waals surface area contributed by atoms with Crippen LogP contribution in [-0.2, 0) is 0 Å². The highest BCUT2D eigenvalue weighted by Crippen LogP contribution is 2.43. The molecule has 0 atom stereocenters. The third kappa shape index (κ3) is 2.38. The average molecular weight is 346 g/mol. The lowest BCUT2D eigenvalue weighted by molar-refractivity contribution is 1.67. The first-order valence-corrected chi connectivity index (χ1v) is 9.19. The molecule has 0 bridgehead atoms. The SMILES string of the molecule is C=Cc1c(C=C)c2c(C=C)c(/C=C\C)c3ccccc3c2c2ccccc12. The van der Waals surface area contributed by atoms with Crippen molar-refractivity contribution in [3.63, 3.8) is 0 Å². The Morgan fingerprint density at radius 1 is 0.556 bits per heavy atom. The Hall–Kier alpha value is -3.38. The van der Waals surface area contributed by atoms with Gasteiger partial charge >= 0.3 is 0 Å². The van der Waals surface area contributed by atoms with Gasteiger partial charge < -0.3 is 0 Å². The highest BCUT2D eigenvalue weighted by Gasteiger charge is 2.18. The van der Waals surface area contributed by atoms with E-state index in [1.54, 1.807) is 0 Å². The summed E-state index contributed by atoms with van der Waals surface area (Å²) in [6.45, 7) is 14.4. The van der Waals surface area contributed by atoms with Gasteiger partial charge in [-0.05, 0) is 61.5 Å². The molecule has 0 aromatic heterocycles. The van der Waals surface area contributed by atoms with E-state index in [1.165, 1.54) is 37.9 Å². The van der Waals surface area contributed by atoms with Crippen LogP contribution in [0.4, 0.5) is 0 Å². The monoisotopic (exact) mass is 346 g/mol. The second-order valence-electron chi connectivity index (χ2n) is 6.61. The van der Waals surface area contributed by atoms with Crippen LogP contribution in [0.2, 0.25) is 0 Å². The van der Waals surface area contributed by atoms with Gasteiger partial charge in [0, 0.05) is 0 Å². The Labute approximate surface area is 160 Å². The summed E-state index contributed by atoms with van der Waals surface area (Å²) in [6, 6.07) is 17.2. The fourth-order valence-corrected chi connectivity index (χ4v) is 4.25. The maximum atomic E-state index is 4.15. The Kier molecular flexibility index (Phi) is 4.25. The van der Waals surface area contributed by atoms with Gasteiger partial charge in [-0.2, -0.15) is 0 Å². The van der Waals surface area contributed by atoms with Gasteiger partial charge in [0.05, 0.1) is 0 Å². The van der Waals surface area contributed by atoms with Crippen LogP contribution >= 0.6 is 0 Å². The fraction of sp³-hybridized carbons (Fsp3) is 0.0370. The van der Waals surface area contributed by atoms with Crippen LogP contribution < -0.4 is 0 Å². The summed E-state index contributed by atoms with van der Waals surface area (Å²) in [5, 5.41) is 7.38. The molecule has 0 heteroatoms. The molecule has 0 spiro atoms. The van der Waals surface area contributed by atoms with Gasteiger partial charge in [-0.1, -0.05) is 98.6 Å². The minimum atomic E-state index is 1.12. The van der Waals surface area contributed by atoms with Crippen molar-refractivity contribution in [3.05, 3.63) is 96.6 Å². The number of allylic oxidation sites excluding steroid dienone is 1. The number of hydrogen-bond donors (Lipinski definition) is 0. The molecule has 0 amide bonds. The molecule has 0 radical (unpaired) electrons. The van der Waals surface area contributed by atoms with Crippen molar-refractivity contribution in [1.29, 1.82) is 0 Å². The van der Waals surface area contributed by atoms with Crippen LogP contribution in [0.25, 0.3) is 56.6 Å². The number of rotatable bonds is 4. The molecule has 0 nitrogen and oxygen atoms in total. The summed E-state index contributed by atoms with van der Waals surface area (Å²) in [6.07, 6.45) is 10.1. The maximum absolute atomic E-state index is 4.15. The zero-order valence-corrected chi connectivity index (χ0v) is 15.6. The molecule has 4 rings (SSSR count). The molecule has 0 N–H and O–H groups in total. The second kappa shape index (κ2) is 6.74. The molecule has 0 aliphatic rings. The topological polar surface area (TPSA) is 0 Å². The van der Waals surface area contributed by atoms with Crippen molar-refractivity contribution in [3.8, 4) is 0 Å². The van der Waals surface area contributed by atoms with Gasteiger partial charge in [-0.15, -0.1) is 0 Å². The molecule has 0 aliphatic heterocycles.